The Bertz CT molecular complexity index is 859. The van der Waals surface area contributed by atoms with E-state index in [-0.39, 0.29) is 23.7 Å². The van der Waals surface area contributed by atoms with Gasteiger partial charge in [0.05, 0.1) is 17.1 Å². The highest BCUT2D eigenvalue weighted by molar-refractivity contribution is 7.92. The number of ether oxygens (including phenoxy) is 1. The molecule has 2 aromatic rings. The second-order valence-corrected chi connectivity index (χ2v) is 9.36. The molecule has 0 bridgehead atoms. The molecule has 2 aromatic carbocycles. The van der Waals surface area contributed by atoms with Gasteiger partial charge in [0.15, 0.2) is 0 Å². The van der Waals surface area contributed by atoms with Gasteiger partial charge < -0.3 is 4.74 Å². The number of nitrogens with zero attached hydrogens (tertiary/aromatic N) is 1. The molecule has 0 atom stereocenters. The van der Waals surface area contributed by atoms with Crippen molar-refractivity contribution in [1.82, 2.24) is 0 Å². The summed E-state index contributed by atoms with van der Waals surface area (Å²) in [5, 5.41) is 0. The van der Waals surface area contributed by atoms with Crippen LogP contribution in [0.5, 0.6) is 5.75 Å². The van der Waals surface area contributed by atoms with E-state index in [4.69, 9.17) is 4.74 Å². The molecule has 4 nitrogen and oxygen atoms in total. The van der Waals surface area contributed by atoms with Crippen LogP contribution in [0.3, 0.4) is 0 Å². The van der Waals surface area contributed by atoms with E-state index in [1.54, 1.807) is 12.1 Å². The molecule has 3 rings (SSSR count). The maximum absolute atomic E-state index is 13.5. The molecule has 0 saturated heterocycles. The van der Waals surface area contributed by atoms with Crippen molar-refractivity contribution in [2.45, 2.75) is 45.4 Å². The summed E-state index contributed by atoms with van der Waals surface area (Å²) in [5.74, 6) is 1.04. The van der Waals surface area contributed by atoms with E-state index in [1.807, 2.05) is 26.0 Å². The Morgan fingerprint density at radius 1 is 1.00 bits per heavy atom. The van der Waals surface area contributed by atoms with Gasteiger partial charge in [-0.25, -0.2) is 12.8 Å². The summed E-state index contributed by atoms with van der Waals surface area (Å²) in [6.07, 6.45) is 0. The molecule has 0 unspecified atom stereocenters. The minimum absolute atomic E-state index is 0.157. The van der Waals surface area contributed by atoms with Gasteiger partial charge in [0.1, 0.15) is 18.2 Å². The molecule has 6 heteroatoms. The zero-order valence-corrected chi connectivity index (χ0v) is 17.4. The summed E-state index contributed by atoms with van der Waals surface area (Å²) >= 11 is 0. The predicted molar refractivity (Wildman–Crippen MR) is 107 cm³/mol. The van der Waals surface area contributed by atoms with Crippen molar-refractivity contribution in [2.24, 2.45) is 5.92 Å². The van der Waals surface area contributed by atoms with Gasteiger partial charge in [-0.1, -0.05) is 46.8 Å². The quantitative estimate of drug-likeness (QED) is 0.720. The molecule has 27 heavy (non-hydrogen) atoms. The minimum Gasteiger partial charge on any atom is -0.489 e. The molecule has 0 fully saturated rings. The average molecular weight is 394 g/mol. The molecule has 0 aliphatic carbocycles. The lowest BCUT2D eigenvalue weighted by molar-refractivity contribution is 0.315. The highest BCUT2D eigenvalue weighted by Crippen LogP contribution is 2.35. The third-order valence-corrected chi connectivity index (χ3v) is 5.70. The van der Waals surface area contributed by atoms with Gasteiger partial charge in [0, 0.05) is 6.07 Å². The third kappa shape index (κ3) is 5.22. The van der Waals surface area contributed by atoms with Crippen LogP contribution in [0.4, 0.5) is 10.1 Å². The normalized spacial score (nSPS) is 13.7. The monoisotopic (exact) mass is 393 g/mol. The van der Waals surface area contributed by atoms with Gasteiger partial charge in [-0.3, -0.25) is 4.31 Å². The van der Waals surface area contributed by atoms with E-state index in [0.29, 0.717) is 11.7 Å². The van der Waals surface area contributed by atoms with Crippen molar-refractivity contribution in [3.05, 3.63) is 53.8 Å². The van der Waals surface area contributed by atoms with Gasteiger partial charge in [-0.2, -0.15) is 0 Å². The number of rotatable bonds is 3. The van der Waals surface area contributed by atoms with Crippen molar-refractivity contribution in [1.29, 1.82) is 0 Å². The molecule has 0 N–H and O–H groups in total. The fraction of sp³-hybridized carbons (Fsp3) is 0.429. The molecule has 0 saturated carbocycles. The van der Waals surface area contributed by atoms with Crippen molar-refractivity contribution >= 4 is 15.7 Å². The number of hydrogen-bond donors (Lipinski definition) is 0. The summed E-state index contributed by atoms with van der Waals surface area (Å²) < 4.78 is 45.9. The molecular formula is C21H28FNO3S. The van der Waals surface area contributed by atoms with E-state index in [2.05, 4.69) is 20.8 Å². The number of anilines is 1. The summed E-state index contributed by atoms with van der Waals surface area (Å²) in [6.45, 7) is 11.0. The fourth-order valence-corrected chi connectivity index (χ4v) is 4.02. The van der Waals surface area contributed by atoms with Crippen molar-refractivity contribution in [3.8, 4) is 5.75 Å². The average Bonchev–Trinajstić information content (AvgIpc) is 2.60. The van der Waals surface area contributed by atoms with E-state index < -0.39 is 15.8 Å². The van der Waals surface area contributed by atoms with Gasteiger partial charge in [-0.05, 0) is 41.7 Å². The number of benzene rings is 2. The summed E-state index contributed by atoms with van der Waals surface area (Å²) in [6, 6.07) is 10.7. The lowest BCUT2D eigenvalue weighted by Crippen LogP contribution is -2.38. The molecule has 1 aliphatic rings. The Labute approximate surface area is 162 Å². The molecule has 1 heterocycles. The second kappa shape index (κ2) is 8.74. The highest BCUT2D eigenvalue weighted by Gasteiger charge is 2.30. The molecule has 0 aromatic heterocycles. The summed E-state index contributed by atoms with van der Waals surface area (Å²) in [5.41, 5.74) is 1.31. The first-order valence-corrected chi connectivity index (χ1v) is 10.6. The van der Waals surface area contributed by atoms with Gasteiger partial charge >= 0.3 is 0 Å². The summed E-state index contributed by atoms with van der Waals surface area (Å²) in [4.78, 5) is 0.194. The van der Waals surface area contributed by atoms with Gasteiger partial charge in [0.25, 0.3) is 10.0 Å². The molecule has 1 aliphatic heterocycles. The Morgan fingerprint density at radius 2 is 1.59 bits per heavy atom. The number of fused-ring (bicyclic) bond motifs is 1. The Kier molecular flexibility index (Phi) is 6.87. The van der Waals surface area contributed by atoms with Crippen LogP contribution in [0.2, 0.25) is 0 Å². The smallest absolute Gasteiger partial charge is 0.264 e. The van der Waals surface area contributed by atoms with Crippen LogP contribution < -0.4 is 9.04 Å². The third-order valence-electron chi connectivity index (χ3n) is 3.88. The Hall–Kier alpha value is -2.08. The van der Waals surface area contributed by atoms with Crippen LogP contribution in [0.15, 0.2) is 47.4 Å². The van der Waals surface area contributed by atoms with Crippen LogP contribution in [0.1, 0.15) is 46.1 Å². The largest absolute Gasteiger partial charge is 0.489 e. The van der Waals surface area contributed by atoms with Crippen molar-refractivity contribution < 1.29 is 17.5 Å². The number of hydrogen-bond acceptors (Lipinski definition) is 3. The van der Waals surface area contributed by atoms with Crippen LogP contribution in [0, 0.1) is 11.7 Å². The van der Waals surface area contributed by atoms with Gasteiger partial charge in [0.2, 0.25) is 0 Å². The minimum atomic E-state index is -3.75. The fourth-order valence-electron chi connectivity index (χ4n) is 2.57. The van der Waals surface area contributed by atoms with Crippen molar-refractivity contribution in [2.75, 3.05) is 17.5 Å². The SMILES string of the molecule is CC(C)C.CC(C)c1ccc(S(=O)(=O)N2CCOc3ccc(F)cc32)cc1. The van der Waals surface area contributed by atoms with Crippen LogP contribution >= 0.6 is 0 Å². The first-order valence-electron chi connectivity index (χ1n) is 9.18. The van der Waals surface area contributed by atoms with E-state index in [0.717, 1.165) is 11.5 Å². The highest BCUT2D eigenvalue weighted by atomic mass is 32.2. The molecule has 148 valence electrons. The second-order valence-electron chi connectivity index (χ2n) is 7.49. The van der Waals surface area contributed by atoms with Crippen LogP contribution in [-0.2, 0) is 10.0 Å². The van der Waals surface area contributed by atoms with Gasteiger partial charge in [-0.15, -0.1) is 0 Å². The zero-order chi connectivity index (χ0) is 20.2. The maximum atomic E-state index is 13.5. The Morgan fingerprint density at radius 3 is 2.15 bits per heavy atom. The topological polar surface area (TPSA) is 46.6 Å². The lowest BCUT2D eigenvalue weighted by atomic mass is 10.0. The zero-order valence-electron chi connectivity index (χ0n) is 16.6. The van der Waals surface area contributed by atoms with Crippen molar-refractivity contribution in [3.63, 3.8) is 0 Å². The molecule has 0 spiro atoms. The summed E-state index contributed by atoms with van der Waals surface area (Å²) in [7, 11) is -3.75. The standard InChI is InChI=1S/C17H18FNO3S.C4H10/c1-12(2)13-3-6-15(7-4-13)23(20,21)19-9-10-22-17-8-5-14(18)11-16(17)19;1-4(2)3/h3-8,11-12H,9-10H2,1-2H3;4H,1-3H3. The predicted octanol–water partition coefficient (Wildman–Crippen LogP) is 5.20. The maximum Gasteiger partial charge on any atom is 0.264 e. The molecular weight excluding hydrogens is 365 g/mol. The first-order chi connectivity index (χ1) is 12.6. The van der Waals surface area contributed by atoms with Crippen LogP contribution in [0.25, 0.3) is 0 Å². The molecule has 0 radical (unpaired) electrons. The molecule has 0 amide bonds. The van der Waals surface area contributed by atoms with E-state index in [9.17, 15) is 12.8 Å². The number of sulfonamides is 1. The number of halogens is 1. The lowest BCUT2D eigenvalue weighted by Gasteiger charge is -2.30. The first kappa shape index (κ1) is 21.2. The van der Waals surface area contributed by atoms with E-state index in [1.165, 1.54) is 22.5 Å². The Balaban J connectivity index is 0.000000596. The van der Waals surface area contributed by atoms with E-state index >= 15 is 0 Å². The van der Waals surface area contributed by atoms with Crippen LogP contribution in [-0.4, -0.2) is 21.6 Å².